The van der Waals surface area contributed by atoms with Crippen molar-refractivity contribution in [3.8, 4) is 5.82 Å². The van der Waals surface area contributed by atoms with E-state index in [1.54, 1.807) is 6.20 Å². The van der Waals surface area contributed by atoms with Crippen molar-refractivity contribution in [3.63, 3.8) is 0 Å². The van der Waals surface area contributed by atoms with Gasteiger partial charge in [-0.05, 0) is 12.1 Å². The summed E-state index contributed by atoms with van der Waals surface area (Å²) in [6, 6.07) is 11.7. The van der Waals surface area contributed by atoms with Crippen LogP contribution < -0.4 is 5.73 Å². The lowest BCUT2D eigenvalue weighted by Gasteiger charge is -2.09. The van der Waals surface area contributed by atoms with E-state index in [2.05, 4.69) is 10.2 Å². The number of rotatable bonds is 2. The summed E-state index contributed by atoms with van der Waals surface area (Å²) < 4.78 is 1.86. The Bertz CT molecular complexity index is 727. The Morgan fingerprint density at radius 3 is 2.83 bits per heavy atom. The molecule has 0 unspecified atom stereocenters. The molecule has 0 saturated heterocycles. The fraction of sp³-hybridized carbons (Fsp3) is 0. The molecular weight excluding hydrogens is 244 g/mol. The molecule has 0 amide bonds. The minimum atomic E-state index is 0.342. The van der Waals surface area contributed by atoms with Crippen LogP contribution in [0.2, 0.25) is 0 Å². The highest BCUT2D eigenvalue weighted by Crippen LogP contribution is 2.20. The van der Waals surface area contributed by atoms with Gasteiger partial charge in [-0.15, -0.1) is 5.10 Å². The first-order valence-corrected chi connectivity index (χ1v) is 5.86. The lowest BCUT2D eigenvalue weighted by atomic mass is 10.2. The second-order valence-corrected chi connectivity index (χ2v) is 4.32. The molecule has 0 aliphatic rings. The number of hydrogen-bond acceptors (Lipinski definition) is 3. The third-order valence-corrected chi connectivity index (χ3v) is 2.99. The molecule has 2 N–H and O–H groups in total. The van der Waals surface area contributed by atoms with Gasteiger partial charge in [-0.1, -0.05) is 36.5 Å². The molecule has 0 atom stereocenters. The normalized spacial score (nSPS) is 10.7. The van der Waals surface area contributed by atoms with Crippen molar-refractivity contribution >= 4 is 28.0 Å². The molecule has 4 nitrogen and oxygen atoms in total. The number of benzene rings is 1. The van der Waals surface area contributed by atoms with Crippen LogP contribution in [-0.4, -0.2) is 19.8 Å². The van der Waals surface area contributed by atoms with Crippen LogP contribution in [0.3, 0.4) is 0 Å². The molecular formula is C13H10N4S. The summed E-state index contributed by atoms with van der Waals surface area (Å²) in [7, 11) is 0. The van der Waals surface area contributed by atoms with Gasteiger partial charge in [0.15, 0.2) is 5.82 Å². The summed E-state index contributed by atoms with van der Waals surface area (Å²) >= 11 is 5.03. The molecule has 88 valence electrons. The predicted octanol–water partition coefficient (Wildman–Crippen LogP) is 2.05. The third-order valence-electron chi connectivity index (χ3n) is 2.78. The summed E-state index contributed by atoms with van der Waals surface area (Å²) in [6.45, 7) is 0. The number of nitrogens with zero attached hydrogens (tertiary/aromatic N) is 3. The monoisotopic (exact) mass is 254 g/mol. The van der Waals surface area contributed by atoms with Crippen LogP contribution in [0.5, 0.6) is 0 Å². The van der Waals surface area contributed by atoms with Crippen molar-refractivity contribution in [1.82, 2.24) is 14.8 Å². The molecule has 3 rings (SSSR count). The van der Waals surface area contributed by atoms with Crippen LogP contribution in [0, 0.1) is 0 Å². The largest absolute Gasteiger partial charge is 0.388 e. The van der Waals surface area contributed by atoms with Crippen molar-refractivity contribution in [3.05, 3.63) is 54.5 Å². The van der Waals surface area contributed by atoms with Gasteiger partial charge in [0.1, 0.15) is 4.99 Å². The molecule has 0 radical (unpaired) electrons. The Balaban J connectivity index is 2.32. The van der Waals surface area contributed by atoms with E-state index in [0.717, 1.165) is 22.3 Å². The highest BCUT2D eigenvalue weighted by Gasteiger charge is 2.10. The van der Waals surface area contributed by atoms with E-state index < -0.39 is 0 Å². The number of fused-ring (bicyclic) bond motifs is 1. The van der Waals surface area contributed by atoms with Crippen LogP contribution in [0.25, 0.3) is 16.6 Å². The second kappa shape index (κ2) is 4.19. The molecule has 5 heteroatoms. The van der Waals surface area contributed by atoms with Crippen LogP contribution in [0.15, 0.2) is 48.8 Å². The van der Waals surface area contributed by atoms with Gasteiger partial charge in [0.2, 0.25) is 0 Å². The highest BCUT2D eigenvalue weighted by molar-refractivity contribution is 7.80. The standard InChI is InChI=1S/C13H10N4S/c14-12(18)11-6-3-7-17(11)13-10-5-2-1-4-9(10)8-15-16-13/h1-8H,(H2,14,18). The van der Waals surface area contributed by atoms with Gasteiger partial charge in [0.25, 0.3) is 0 Å². The summed E-state index contributed by atoms with van der Waals surface area (Å²) in [5, 5.41) is 10.3. The summed E-state index contributed by atoms with van der Waals surface area (Å²) in [4.78, 5) is 0.342. The Morgan fingerprint density at radius 1 is 1.17 bits per heavy atom. The topological polar surface area (TPSA) is 56.7 Å². The summed E-state index contributed by atoms with van der Waals surface area (Å²) in [5.74, 6) is 0.737. The predicted molar refractivity (Wildman–Crippen MR) is 74.8 cm³/mol. The van der Waals surface area contributed by atoms with Gasteiger partial charge >= 0.3 is 0 Å². The first-order chi connectivity index (χ1) is 8.77. The molecule has 0 bridgehead atoms. The third kappa shape index (κ3) is 1.65. The maximum absolute atomic E-state index is 5.70. The molecule has 0 aliphatic carbocycles. The second-order valence-electron chi connectivity index (χ2n) is 3.88. The Labute approximate surface area is 109 Å². The molecule has 0 spiro atoms. The van der Waals surface area contributed by atoms with E-state index in [1.807, 2.05) is 47.2 Å². The summed E-state index contributed by atoms with van der Waals surface area (Å²) in [5.41, 5.74) is 6.46. The van der Waals surface area contributed by atoms with Crippen molar-refractivity contribution in [2.24, 2.45) is 5.73 Å². The van der Waals surface area contributed by atoms with Crippen molar-refractivity contribution in [1.29, 1.82) is 0 Å². The van der Waals surface area contributed by atoms with E-state index in [0.29, 0.717) is 4.99 Å². The lowest BCUT2D eigenvalue weighted by Crippen LogP contribution is -2.15. The van der Waals surface area contributed by atoms with Crippen LogP contribution in [-0.2, 0) is 0 Å². The number of thiocarbonyl (C=S) groups is 1. The Kier molecular flexibility index (Phi) is 2.53. The first kappa shape index (κ1) is 10.9. The number of aromatic nitrogens is 3. The van der Waals surface area contributed by atoms with E-state index in [4.69, 9.17) is 18.0 Å². The molecule has 3 aromatic rings. The SMILES string of the molecule is NC(=S)c1cccn1-c1nncc2ccccc12. The zero-order valence-corrected chi connectivity index (χ0v) is 10.3. The van der Waals surface area contributed by atoms with E-state index in [-0.39, 0.29) is 0 Å². The molecule has 18 heavy (non-hydrogen) atoms. The van der Waals surface area contributed by atoms with E-state index in [1.165, 1.54) is 0 Å². The van der Waals surface area contributed by atoms with Gasteiger partial charge in [-0.3, -0.25) is 4.57 Å². The van der Waals surface area contributed by atoms with Gasteiger partial charge in [0, 0.05) is 17.0 Å². The molecule has 0 aliphatic heterocycles. The number of nitrogens with two attached hydrogens (primary N) is 1. The maximum Gasteiger partial charge on any atom is 0.167 e. The fourth-order valence-corrected chi connectivity index (χ4v) is 2.12. The van der Waals surface area contributed by atoms with E-state index in [9.17, 15) is 0 Å². The molecule has 2 heterocycles. The van der Waals surface area contributed by atoms with Gasteiger partial charge in [-0.2, -0.15) is 5.10 Å². The molecule has 1 aromatic carbocycles. The van der Waals surface area contributed by atoms with Crippen molar-refractivity contribution < 1.29 is 0 Å². The minimum absolute atomic E-state index is 0.342. The zero-order chi connectivity index (χ0) is 12.5. The Morgan fingerprint density at radius 2 is 2.00 bits per heavy atom. The molecule has 0 fully saturated rings. The molecule has 2 aromatic heterocycles. The van der Waals surface area contributed by atoms with Crippen molar-refractivity contribution in [2.75, 3.05) is 0 Å². The lowest BCUT2D eigenvalue weighted by molar-refractivity contribution is 0.931. The average molecular weight is 254 g/mol. The van der Waals surface area contributed by atoms with Crippen LogP contribution >= 0.6 is 12.2 Å². The van der Waals surface area contributed by atoms with Gasteiger partial charge in [-0.25, -0.2) is 0 Å². The maximum atomic E-state index is 5.70. The first-order valence-electron chi connectivity index (χ1n) is 5.45. The summed E-state index contributed by atoms with van der Waals surface area (Å²) in [6.07, 6.45) is 3.62. The van der Waals surface area contributed by atoms with Crippen molar-refractivity contribution in [2.45, 2.75) is 0 Å². The molecule has 0 saturated carbocycles. The smallest absolute Gasteiger partial charge is 0.167 e. The fourth-order valence-electron chi connectivity index (χ4n) is 1.96. The van der Waals surface area contributed by atoms with Crippen LogP contribution in [0.4, 0.5) is 0 Å². The van der Waals surface area contributed by atoms with E-state index >= 15 is 0 Å². The average Bonchev–Trinajstić information content (AvgIpc) is 2.87. The van der Waals surface area contributed by atoms with Gasteiger partial charge < -0.3 is 5.73 Å². The number of hydrogen-bond donors (Lipinski definition) is 1. The highest BCUT2D eigenvalue weighted by atomic mass is 32.1. The minimum Gasteiger partial charge on any atom is -0.388 e. The van der Waals surface area contributed by atoms with Gasteiger partial charge in [0.05, 0.1) is 11.9 Å². The zero-order valence-electron chi connectivity index (χ0n) is 9.45. The quantitative estimate of drug-likeness (QED) is 0.711. The Hall–Kier alpha value is -2.27. The van der Waals surface area contributed by atoms with Crippen LogP contribution in [0.1, 0.15) is 5.69 Å².